The lowest BCUT2D eigenvalue weighted by molar-refractivity contribution is -0.118. The van der Waals surface area contributed by atoms with Crippen LogP contribution in [0.3, 0.4) is 0 Å². The minimum absolute atomic E-state index is 0.200. The molecule has 0 saturated carbocycles. The Labute approximate surface area is 156 Å². The number of carbonyl (C=O) groups excluding carboxylic acids is 1. The summed E-state index contributed by atoms with van der Waals surface area (Å²) in [5.74, 6) is -0.210. The van der Waals surface area contributed by atoms with Crippen molar-refractivity contribution in [3.05, 3.63) is 23.8 Å². The third-order valence-electron chi connectivity index (χ3n) is 4.09. The van der Waals surface area contributed by atoms with E-state index in [9.17, 15) is 13.2 Å². The summed E-state index contributed by atoms with van der Waals surface area (Å²) in [6.45, 7) is 10.9. The highest BCUT2D eigenvalue weighted by Gasteiger charge is 2.28. The lowest BCUT2D eigenvalue weighted by atomic mass is 10.1. The van der Waals surface area contributed by atoms with Gasteiger partial charge in [-0.15, -0.1) is 0 Å². The second-order valence-corrected chi connectivity index (χ2v) is 9.51. The zero-order valence-electron chi connectivity index (χ0n) is 16.1. The van der Waals surface area contributed by atoms with Gasteiger partial charge in [0.1, 0.15) is 0 Å². The zero-order valence-corrected chi connectivity index (χ0v) is 16.9. The summed E-state index contributed by atoms with van der Waals surface area (Å²) < 4.78 is 32.5. The van der Waals surface area contributed by atoms with Crippen molar-refractivity contribution < 1.29 is 17.9 Å². The van der Waals surface area contributed by atoms with Crippen molar-refractivity contribution in [3.63, 3.8) is 0 Å². The molecule has 1 aliphatic rings. The Bertz CT molecular complexity index is 750. The monoisotopic (exact) mass is 383 g/mol. The van der Waals surface area contributed by atoms with Gasteiger partial charge in [0.15, 0.2) is 0 Å². The van der Waals surface area contributed by atoms with Crippen LogP contribution in [0.1, 0.15) is 33.3 Å². The number of nitrogens with zero attached hydrogens (tertiary/aromatic N) is 1. The molecule has 2 rings (SSSR count). The number of morpholine rings is 1. The zero-order chi connectivity index (χ0) is 19.5. The van der Waals surface area contributed by atoms with E-state index in [0.29, 0.717) is 37.6 Å². The van der Waals surface area contributed by atoms with E-state index in [1.807, 2.05) is 20.8 Å². The van der Waals surface area contributed by atoms with E-state index < -0.39 is 16.1 Å². The first-order chi connectivity index (χ1) is 12.0. The van der Waals surface area contributed by atoms with Gasteiger partial charge in [0, 0.05) is 24.3 Å². The van der Waals surface area contributed by atoms with Crippen molar-refractivity contribution in [1.29, 1.82) is 0 Å². The maximum absolute atomic E-state index is 12.9. The molecule has 1 amide bonds. The van der Waals surface area contributed by atoms with Crippen molar-refractivity contribution in [1.82, 2.24) is 9.62 Å². The van der Waals surface area contributed by atoms with E-state index >= 15 is 0 Å². The fraction of sp³-hybridized carbons (Fsp3) is 0.611. The number of amides is 1. The van der Waals surface area contributed by atoms with Gasteiger partial charge in [0.2, 0.25) is 15.9 Å². The fourth-order valence-electron chi connectivity index (χ4n) is 2.85. The lowest BCUT2D eigenvalue weighted by Crippen LogP contribution is -2.48. The lowest BCUT2D eigenvalue weighted by Gasteiger charge is -2.27. The first-order valence-corrected chi connectivity index (χ1v) is 10.2. The van der Waals surface area contributed by atoms with Crippen LogP contribution in [0.15, 0.2) is 23.1 Å². The molecule has 1 heterocycles. The Balaban J connectivity index is 2.20. The predicted molar refractivity (Wildman–Crippen MR) is 102 cm³/mol. The second-order valence-electron chi connectivity index (χ2n) is 7.60. The highest BCUT2D eigenvalue weighted by atomic mass is 32.2. The van der Waals surface area contributed by atoms with Gasteiger partial charge in [0.25, 0.3) is 0 Å². The summed E-state index contributed by atoms with van der Waals surface area (Å²) >= 11 is 0. The molecule has 146 valence electrons. The molecule has 1 fully saturated rings. The van der Waals surface area contributed by atoms with Crippen LogP contribution in [0.2, 0.25) is 0 Å². The Morgan fingerprint density at radius 2 is 1.85 bits per heavy atom. The number of aryl methyl sites for hydroxylation is 1. The molecule has 0 spiro atoms. The molecule has 2 N–H and O–H groups in total. The van der Waals surface area contributed by atoms with Crippen LogP contribution in [0.5, 0.6) is 0 Å². The summed E-state index contributed by atoms with van der Waals surface area (Å²) in [5, 5.41) is 5.99. The Kier molecular flexibility index (Phi) is 6.44. The van der Waals surface area contributed by atoms with Gasteiger partial charge in [-0.05, 0) is 52.3 Å². The minimum Gasteiger partial charge on any atom is -0.379 e. The van der Waals surface area contributed by atoms with Crippen LogP contribution in [0.4, 0.5) is 5.69 Å². The van der Waals surface area contributed by atoms with Gasteiger partial charge in [-0.1, -0.05) is 6.07 Å². The average molecular weight is 384 g/mol. The number of hydrogen-bond donors (Lipinski definition) is 2. The number of ether oxygens (including phenoxy) is 1. The van der Waals surface area contributed by atoms with Crippen molar-refractivity contribution in [3.8, 4) is 0 Å². The molecule has 7 nitrogen and oxygen atoms in total. The van der Waals surface area contributed by atoms with Gasteiger partial charge in [-0.3, -0.25) is 4.79 Å². The summed E-state index contributed by atoms with van der Waals surface area (Å²) in [7, 11) is -3.61. The van der Waals surface area contributed by atoms with Gasteiger partial charge in [0.05, 0.1) is 24.2 Å². The second kappa shape index (κ2) is 8.04. The first kappa shape index (κ1) is 20.8. The summed E-state index contributed by atoms with van der Waals surface area (Å²) in [4.78, 5) is 12.6. The van der Waals surface area contributed by atoms with Crippen LogP contribution in [-0.4, -0.2) is 56.5 Å². The molecule has 26 heavy (non-hydrogen) atoms. The van der Waals surface area contributed by atoms with Crippen molar-refractivity contribution in [2.75, 3.05) is 31.6 Å². The van der Waals surface area contributed by atoms with Gasteiger partial charge in [-0.25, -0.2) is 8.42 Å². The smallest absolute Gasteiger partial charge is 0.243 e. The number of hydrogen-bond acceptors (Lipinski definition) is 5. The molecule has 0 aromatic heterocycles. The van der Waals surface area contributed by atoms with Crippen LogP contribution in [0, 0.1) is 6.92 Å². The topological polar surface area (TPSA) is 87.7 Å². The molecule has 1 atom stereocenters. The van der Waals surface area contributed by atoms with Gasteiger partial charge in [-0.2, -0.15) is 4.31 Å². The standard InChI is InChI=1S/C18H29N3O4S/c1-13-6-7-15(19-17(22)14(2)20-18(3,4)5)12-16(13)26(23,24)21-8-10-25-11-9-21/h6-7,12,14,20H,8-11H2,1-5H3,(H,19,22). The third-order valence-corrected chi connectivity index (χ3v) is 6.13. The molecule has 0 bridgehead atoms. The molecular formula is C18H29N3O4S. The van der Waals surface area contributed by atoms with E-state index in [2.05, 4.69) is 10.6 Å². The molecule has 1 aliphatic heterocycles. The number of nitrogens with one attached hydrogen (secondary N) is 2. The maximum atomic E-state index is 12.9. The highest BCUT2D eigenvalue weighted by molar-refractivity contribution is 7.89. The largest absolute Gasteiger partial charge is 0.379 e. The molecule has 1 saturated heterocycles. The third kappa shape index (κ3) is 5.26. The maximum Gasteiger partial charge on any atom is 0.243 e. The van der Waals surface area contributed by atoms with Gasteiger partial charge < -0.3 is 15.4 Å². The highest BCUT2D eigenvalue weighted by Crippen LogP contribution is 2.24. The molecule has 8 heteroatoms. The Morgan fingerprint density at radius 3 is 2.42 bits per heavy atom. The van der Waals surface area contributed by atoms with E-state index in [0.717, 1.165) is 0 Å². The van der Waals surface area contributed by atoms with Crippen LogP contribution in [-0.2, 0) is 19.6 Å². The molecule has 1 aromatic rings. The van der Waals surface area contributed by atoms with Crippen LogP contribution >= 0.6 is 0 Å². The fourth-order valence-corrected chi connectivity index (χ4v) is 4.51. The molecular weight excluding hydrogens is 354 g/mol. The van der Waals surface area contributed by atoms with E-state index in [1.165, 1.54) is 10.4 Å². The Hall–Kier alpha value is -1.48. The van der Waals surface area contributed by atoms with Crippen molar-refractivity contribution in [2.45, 2.75) is 51.1 Å². The molecule has 0 aliphatic carbocycles. The molecule has 0 radical (unpaired) electrons. The average Bonchev–Trinajstić information content (AvgIpc) is 2.55. The molecule has 1 aromatic carbocycles. The number of sulfonamides is 1. The van der Waals surface area contributed by atoms with Gasteiger partial charge >= 0.3 is 0 Å². The van der Waals surface area contributed by atoms with Crippen LogP contribution < -0.4 is 10.6 Å². The summed E-state index contributed by atoms with van der Waals surface area (Å²) in [6, 6.07) is 4.55. The first-order valence-electron chi connectivity index (χ1n) is 8.78. The summed E-state index contributed by atoms with van der Waals surface area (Å²) in [6.07, 6.45) is 0. The minimum atomic E-state index is -3.61. The number of carbonyl (C=O) groups is 1. The summed E-state index contributed by atoms with van der Waals surface area (Å²) in [5.41, 5.74) is 0.917. The number of rotatable bonds is 5. The number of benzene rings is 1. The van der Waals surface area contributed by atoms with Crippen LogP contribution in [0.25, 0.3) is 0 Å². The van der Waals surface area contributed by atoms with E-state index in [-0.39, 0.29) is 16.3 Å². The Morgan fingerprint density at radius 1 is 1.23 bits per heavy atom. The predicted octanol–water partition coefficient (Wildman–Crippen LogP) is 1.73. The van der Waals surface area contributed by atoms with E-state index in [4.69, 9.17) is 4.74 Å². The normalized spacial score (nSPS) is 17.7. The van der Waals surface area contributed by atoms with Crippen molar-refractivity contribution >= 4 is 21.6 Å². The number of anilines is 1. The SMILES string of the molecule is Cc1ccc(NC(=O)C(C)NC(C)(C)C)cc1S(=O)(=O)N1CCOCC1. The molecule has 1 unspecified atom stereocenters. The quantitative estimate of drug-likeness (QED) is 0.809. The van der Waals surface area contributed by atoms with Crippen molar-refractivity contribution in [2.24, 2.45) is 0 Å². The van der Waals surface area contributed by atoms with E-state index in [1.54, 1.807) is 26.0 Å².